The highest BCUT2D eigenvalue weighted by Crippen LogP contribution is 2.23. The van der Waals surface area contributed by atoms with Gasteiger partial charge in [0.25, 0.3) is 0 Å². The summed E-state index contributed by atoms with van der Waals surface area (Å²) in [7, 11) is 1.70. The second kappa shape index (κ2) is 5.40. The number of oxazole rings is 1. The Hall–Kier alpha value is -1.88. The predicted octanol–water partition coefficient (Wildman–Crippen LogP) is 2.12. The van der Waals surface area contributed by atoms with Crippen LogP contribution in [0.5, 0.6) is 0 Å². The Morgan fingerprint density at radius 1 is 1.53 bits per heavy atom. The third kappa shape index (κ3) is 2.61. The van der Waals surface area contributed by atoms with E-state index in [9.17, 15) is 9.90 Å². The topological polar surface area (TPSA) is 66.6 Å². The predicted molar refractivity (Wildman–Crippen MR) is 73.0 cm³/mol. The van der Waals surface area contributed by atoms with Crippen LogP contribution in [0.2, 0.25) is 0 Å². The third-order valence-electron chi connectivity index (χ3n) is 3.26. The first-order chi connectivity index (χ1) is 9.06. The normalized spacial score (nSPS) is 12.6. The van der Waals surface area contributed by atoms with E-state index in [-0.39, 0.29) is 18.4 Å². The highest BCUT2D eigenvalue weighted by atomic mass is 16.3. The summed E-state index contributed by atoms with van der Waals surface area (Å²) < 4.78 is 5.45. The lowest BCUT2D eigenvalue weighted by Gasteiger charge is -2.21. The van der Waals surface area contributed by atoms with Crippen molar-refractivity contribution in [1.82, 2.24) is 4.98 Å². The van der Waals surface area contributed by atoms with E-state index in [1.807, 2.05) is 19.1 Å². The van der Waals surface area contributed by atoms with E-state index in [0.29, 0.717) is 17.9 Å². The molecule has 1 aromatic heterocycles. The molecule has 102 valence electrons. The van der Waals surface area contributed by atoms with E-state index in [0.717, 1.165) is 11.2 Å². The number of amides is 1. The van der Waals surface area contributed by atoms with Gasteiger partial charge in [0.2, 0.25) is 5.91 Å². The van der Waals surface area contributed by atoms with Gasteiger partial charge in [-0.25, -0.2) is 4.98 Å². The van der Waals surface area contributed by atoms with Gasteiger partial charge in [0.05, 0.1) is 12.5 Å². The van der Waals surface area contributed by atoms with Crippen LogP contribution in [0.15, 0.2) is 22.6 Å². The molecule has 2 rings (SSSR count). The molecule has 0 aliphatic rings. The van der Waals surface area contributed by atoms with Gasteiger partial charge in [0, 0.05) is 25.7 Å². The molecule has 0 aliphatic heterocycles. The van der Waals surface area contributed by atoms with Gasteiger partial charge in [-0.05, 0) is 18.6 Å². The molecular weight excluding hydrogens is 244 g/mol. The minimum atomic E-state index is -0.364. The number of carbonyl (C=O) groups excluding carboxylic acids is 1. The fourth-order valence-electron chi connectivity index (χ4n) is 2.02. The number of fused-ring (bicyclic) bond motifs is 1. The van der Waals surface area contributed by atoms with Crippen molar-refractivity contribution in [3.05, 3.63) is 24.1 Å². The standard InChI is InChI=1S/C14H18N2O3/c1-4-10(8-17)14(18)16(3)11-5-6-12-13(7-11)19-9(2)15-12/h5-7,10,17H,4,8H2,1-3H3. The van der Waals surface area contributed by atoms with E-state index >= 15 is 0 Å². The molecule has 1 amide bonds. The SMILES string of the molecule is CCC(CO)C(=O)N(C)c1ccc2nc(C)oc2c1. The number of nitrogens with zero attached hydrogens (tertiary/aromatic N) is 2. The monoisotopic (exact) mass is 262 g/mol. The zero-order chi connectivity index (χ0) is 14.0. The van der Waals surface area contributed by atoms with E-state index < -0.39 is 0 Å². The molecule has 1 heterocycles. The maximum Gasteiger partial charge on any atom is 0.232 e. The minimum absolute atomic E-state index is 0.0967. The molecule has 1 aromatic carbocycles. The Morgan fingerprint density at radius 3 is 2.89 bits per heavy atom. The molecule has 0 saturated carbocycles. The van der Waals surface area contributed by atoms with Gasteiger partial charge < -0.3 is 14.4 Å². The number of anilines is 1. The second-order valence-corrected chi connectivity index (χ2v) is 4.57. The van der Waals surface area contributed by atoms with Crippen LogP contribution in [-0.2, 0) is 4.79 Å². The molecule has 0 aliphatic carbocycles. The summed E-state index contributed by atoms with van der Waals surface area (Å²) in [6.07, 6.45) is 0.614. The van der Waals surface area contributed by atoms with Crippen LogP contribution < -0.4 is 4.90 Å². The molecule has 0 spiro atoms. The molecule has 2 aromatic rings. The number of hydrogen-bond donors (Lipinski definition) is 1. The highest BCUT2D eigenvalue weighted by molar-refractivity contribution is 5.96. The van der Waals surface area contributed by atoms with Crippen LogP contribution in [0.1, 0.15) is 19.2 Å². The van der Waals surface area contributed by atoms with Gasteiger partial charge in [0.15, 0.2) is 11.5 Å². The van der Waals surface area contributed by atoms with Crippen molar-refractivity contribution >= 4 is 22.7 Å². The molecule has 0 fully saturated rings. The zero-order valence-electron chi connectivity index (χ0n) is 11.4. The summed E-state index contributed by atoms with van der Waals surface area (Å²) in [5.74, 6) is 0.140. The molecule has 0 saturated heterocycles. The van der Waals surface area contributed by atoms with Crippen LogP contribution >= 0.6 is 0 Å². The summed E-state index contributed by atoms with van der Waals surface area (Å²) in [6.45, 7) is 3.53. The minimum Gasteiger partial charge on any atom is -0.441 e. The van der Waals surface area contributed by atoms with E-state index in [2.05, 4.69) is 4.98 Å². The van der Waals surface area contributed by atoms with Crippen LogP contribution in [0, 0.1) is 12.8 Å². The Kier molecular flexibility index (Phi) is 3.85. The lowest BCUT2D eigenvalue weighted by atomic mass is 10.1. The number of benzene rings is 1. The van der Waals surface area contributed by atoms with Crippen molar-refractivity contribution in [3.63, 3.8) is 0 Å². The zero-order valence-corrected chi connectivity index (χ0v) is 11.4. The first kappa shape index (κ1) is 13.5. The lowest BCUT2D eigenvalue weighted by molar-refractivity contribution is -0.123. The number of hydrogen-bond acceptors (Lipinski definition) is 4. The van der Waals surface area contributed by atoms with Crippen LogP contribution in [0.4, 0.5) is 5.69 Å². The number of aromatic nitrogens is 1. The first-order valence-corrected chi connectivity index (χ1v) is 6.32. The van der Waals surface area contributed by atoms with Gasteiger partial charge in [-0.2, -0.15) is 0 Å². The summed E-state index contributed by atoms with van der Waals surface area (Å²) in [4.78, 5) is 17.9. The number of rotatable bonds is 4. The summed E-state index contributed by atoms with van der Waals surface area (Å²) in [5.41, 5.74) is 2.17. The van der Waals surface area contributed by atoms with Crippen molar-refractivity contribution in [2.45, 2.75) is 20.3 Å². The summed E-state index contributed by atoms with van der Waals surface area (Å²) >= 11 is 0. The molecule has 5 nitrogen and oxygen atoms in total. The van der Waals surface area contributed by atoms with Crippen LogP contribution in [-0.4, -0.2) is 29.7 Å². The average molecular weight is 262 g/mol. The number of carbonyl (C=O) groups is 1. The van der Waals surface area contributed by atoms with Crippen molar-refractivity contribution in [3.8, 4) is 0 Å². The third-order valence-corrected chi connectivity index (χ3v) is 3.26. The van der Waals surface area contributed by atoms with E-state index in [4.69, 9.17) is 4.42 Å². The highest BCUT2D eigenvalue weighted by Gasteiger charge is 2.21. The smallest absolute Gasteiger partial charge is 0.232 e. The van der Waals surface area contributed by atoms with Gasteiger partial charge in [-0.15, -0.1) is 0 Å². The number of aliphatic hydroxyl groups is 1. The van der Waals surface area contributed by atoms with Gasteiger partial charge in [-0.3, -0.25) is 4.79 Å². The largest absolute Gasteiger partial charge is 0.441 e. The van der Waals surface area contributed by atoms with Crippen molar-refractivity contribution in [2.24, 2.45) is 5.92 Å². The fourth-order valence-corrected chi connectivity index (χ4v) is 2.02. The molecule has 19 heavy (non-hydrogen) atoms. The molecule has 5 heteroatoms. The molecule has 0 radical (unpaired) electrons. The van der Waals surface area contributed by atoms with Crippen molar-refractivity contribution in [2.75, 3.05) is 18.6 Å². The Balaban J connectivity index is 2.30. The average Bonchev–Trinajstić information content (AvgIpc) is 2.78. The maximum absolute atomic E-state index is 12.2. The Bertz CT molecular complexity index is 587. The Morgan fingerprint density at radius 2 is 2.26 bits per heavy atom. The van der Waals surface area contributed by atoms with Crippen LogP contribution in [0.25, 0.3) is 11.1 Å². The van der Waals surface area contributed by atoms with E-state index in [1.54, 1.807) is 24.9 Å². The van der Waals surface area contributed by atoms with Gasteiger partial charge >= 0.3 is 0 Å². The first-order valence-electron chi connectivity index (χ1n) is 6.32. The maximum atomic E-state index is 12.2. The second-order valence-electron chi connectivity index (χ2n) is 4.57. The molecular formula is C14H18N2O3. The Labute approximate surface area is 111 Å². The summed E-state index contributed by atoms with van der Waals surface area (Å²) in [6, 6.07) is 5.44. The van der Waals surface area contributed by atoms with Gasteiger partial charge in [0.1, 0.15) is 5.52 Å². The van der Waals surface area contributed by atoms with E-state index in [1.165, 1.54) is 0 Å². The van der Waals surface area contributed by atoms with Crippen LogP contribution in [0.3, 0.4) is 0 Å². The lowest BCUT2D eigenvalue weighted by Crippen LogP contribution is -2.34. The van der Waals surface area contributed by atoms with Crippen molar-refractivity contribution < 1.29 is 14.3 Å². The molecule has 0 bridgehead atoms. The van der Waals surface area contributed by atoms with Gasteiger partial charge in [-0.1, -0.05) is 6.92 Å². The quantitative estimate of drug-likeness (QED) is 0.916. The molecule has 1 unspecified atom stereocenters. The summed E-state index contributed by atoms with van der Waals surface area (Å²) in [5, 5.41) is 9.19. The fraction of sp³-hybridized carbons (Fsp3) is 0.429. The van der Waals surface area contributed by atoms with Crippen molar-refractivity contribution in [1.29, 1.82) is 0 Å². The number of aryl methyl sites for hydroxylation is 1. The molecule has 1 atom stereocenters. The number of aliphatic hydroxyl groups excluding tert-OH is 1. The molecule has 1 N–H and O–H groups in total.